The van der Waals surface area contributed by atoms with E-state index in [-0.39, 0.29) is 10.9 Å². The highest BCUT2D eigenvalue weighted by molar-refractivity contribution is 9.10. The van der Waals surface area contributed by atoms with E-state index in [9.17, 15) is 8.42 Å². The van der Waals surface area contributed by atoms with Crippen LogP contribution in [0.4, 0.5) is 5.69 Å². The Balaban J connectivity index is 1.76. The number of halogens is 1. The van der Waals surface area contributed by atoms with Gasteiger partial charge in [-0.2, -0.15) is 0 Å². The third kappa shape index (κ3) is 4.83. The van der Waals surface area contributed by atoms with Gasteiger partial charge in [0.2, 0.25) is 10.0 Å². The standard InChI is InChI=1S/C20H25BrN2O3S/c1-15(16-6-9-18(10-7-16)23-12-4-3-5-13-23)22-27(24,25)20-14-17(21)8-11-19(20)26-2/h6-11,14-15,22H,3-5,12-13H2,1-2H3/t15-/m1/s1. The fraction of sp³-hybridized carbons (Fsp3) is 0.400. The average molecular weight is 453 g/mol. The van der Waals surface area contributed by atoms with Crippen LogP contribution in [0.1, 0.15) is 37.8 Å². The monoisotopic (exact) mass is 452 g/mol. The first-order valence-electron chi connectivity index (χ1n) is 9.11. The van der Waals surface area contributed by atoms with E-state index in [1.165, 1.54) is 32.1 Å². The molecule has 146 valence electrons. The highest BCUT2D eigenvalue weighted by Crippen LogP contribution is 2.29. The van der Waals surface area contributed by atoms with Crippen LogP contribution < -0.4 is 14.4 Å². The van der Waals surface area contributed by atoms with Gasteiger partial charge in [0, 0.05) is 29.3 Å². The summed E-state index contributed by atoms with van der Waals surface area (Å²) < 4.78 is 34.3. The summed E-state index contributed by atoms with van der Waals surface area (Å²) in [6, 6.07) is 12.7. The maximum atomic E-state index is 12.8. The van der Waals surface area contributed by atoms with E-state index < -0.39 is 10.0 Å². The lowest BCUT2D eigenvalue weighted by Crippen LogP contribution is -2.29. The SMILES string of the molecule is COc1ccc(Br)cc1S(=O)(=O)N[C@H](C)c1ccc(N2CCCCC2)cc1. The number of benzene rings is 2. The van der Waals surface area contributed by atoms with Crippen molar-refractivity contribution in [1.29, 1.82) is 0 Å². The van der Waals surface area contributed by atoms with Crippen LogP contribution in [-0.4, -0.2) is 28.6 Å². The van der Waals surface area contributed by atoms with E-state index in [2.05, 4.69) is 37.7 Å². The van der Waals surface area contributed by atoms with Gasteiger partial charge in [-0.3, -0.25) is 0 Å². The number of anilines is 1. The summed E-state index contributed by atoms with van der Waals surface area (Å²) >= 11 is 3.32. The van der Waals surface area contributed by atoms with Crippen LogP contribution in [0.3, 0.4) is 0 Å². The lowest BCUT2D eigenvalue weighted by atomic mass is 10.1. The molecule has 1 aliphatic heterocycles. The summed E-state index contributed by atoms with van der Waals surface area (Å²) in [6.07, 6.45) is 3.76. The summed E-state index contributed by atoms with van der Waals surface area (Å²) in [5, 5.41) is 0. The molecule has 1 heterocycles. The van der Waals surface area contributed by atoms with Gasteiger partial charge in [0.05, 0.1) is 7.11 Å². The smallest absolute Gasteiger partial charge is 0.244 e. The van der Waals surface area contributed by atoms with Crippen LogP contribution in [0.5, 0.6) is 5.75 Å². The van der Waals surface area contributed by atoms with Crippen molar-refractivity contribution in [2.75, 3.05) is 25.1 Å². The Morgan fingerprint density at radius 1 is 1.07 bits per heavy atom. The van der Waals surface area contributed by atoms with Crippen LogP contribution in [0.25, 0.3) is 0 Å². The quantitative estimate of drug-likeness (QED) is 0.701. The van der Waals surface area contributed by atoms with E-state index in [0.717, 1.165) is 18.7 Å². The molecular weight excluding hydrogens is 428 g/mol. The van der Waals surface area contributed by atoms with Gasteiger partial charge < -0.3 is 9.64 Å². The molecule has 3 rings (SSSR count). The van der Waals surface area contributed by atoms with Crippen molar-refractivity contribution >= 4 is 31.6 Å². The summed E-state index contributed by atoms with van der Waals surface area (Å²) in [4.78, 5) is 2.50. The Morgan fingerprint density at radius 3 is 2.37 bits per heavy atom. The number of hydrogen-bond acceptors (Lipinski definition) is 4. The molecule has 1 aliphatic rings. The van der Waals surface area contributed by atoms with Crippen molar-refractivity contribution in [3.8, 4) is 5.75 Å². The minimum Gasteiger partial charge on any atom is -0.495 e. The molecule has 1 saturated heterocycles. The van der Waals surface area contributed by atoms with Gasteiger partial charge in [-0.25, -0.2) is 13.1 Å². The molecule has 1 fully saturated rings. The number of rotatable bonds is 6. The van der Waals surface area contributed by atoms with E-state index >= 15 is 0 Å². The van der Waals surface area contributed by atoms with Crippen molar-refractivity contribution < 1.29 is 13.2 Å². The summed E-state index contributed by atoms with van der Waals surface area (Å²) in [5.74, 6) is 0.318. The number of piperidine rings is 1. The van der Waals surface area contributed by atoms with Crippen LogP contribution in [0, 0.1) is 0 Å². The van der Waals surface area contributed by atoms with E-state index in [4.69, 9.17) is 4.74 Å². The zero-order valence-corrected chi connectivity index (χ0v) is 18.0. The maximum absolute atomic E-state index is 12.8. The second-order valence-corrected chi connectivity index (χ2v) is 9.38. The van der Waals surface area contributed by atoms with Crippen LogP contribution in [-0.2, 0) is 10.0 Å². The van der Waals surface area contributed by atoms with Crippen LogP contribution in [0.2, 0.25) is 0 Å². The largest absolute Gasteiger partial charge is 0.495 e. The van der Waals surface area contributed by atoms with Crippen molar-refractivity contribution in [3.63, 3.8) is 0 Å². The topological polar surface area (TPSA) is 58.6 Å². The first-order chi connectivity index (χ1) is 12.9. The average Bonchev–Trinajstić information content (AvgIpc) is 2.68. The van der Waals surface area contributed by atoms with Gasteiger partial charge in [0.25, 0.3) is 0 Å². The van der Waals surface area contributed by atoms with Crippen molar-refractivity contribution in [1.82, 2.24) is 4.72 Å². The third-order valence-electron chi connectivity index (χ3n) is 4.86. The van der Waals surface area contributed by atoms with Crippen LogP contribution in [0.15, 0.2) is 51.8 Å². The van der Waals surface area contributed by atoms with Gasteiger partial charge >= 0.3 is 0 Å². The summed E-state index contributed by atoms with van der Waals surface area (Å²) in [7, 11) is -2.26. The van der Waals surface area contributed by atoms with Gasteiger partial charge in [0.15, 0.2) is 0 Å². The first kappa shape index (κ1) is 20.2. The molecule has 0 bridgehead atoms. The number of nitrogens with zero attached hydrogens (tertiary/aromatic N) is 1. The molecule has 1 N–H and O–H groups in total. The minimum atomic E-state index is -3.72. The Bertz CT molecular complexity index is 879. The fourth-order valence-corrected chi connectivity index (χ4v) is 5.29. The second kappa shape index (κ2) is 8.63. The molecule has 7 heteroatoms. The Hall–Kier alpha value is -1.57. The van der Waals surface area contributed by atoms with Crippen molar-refractivity contribution in [3.05, 3.63) is 52.5 Å². The third-order valence-corrected chi connectivity index (χ3v) is 6.92. The van der Waals surface area contributed by atoms with E-state index in [1.54, 1.807) is 18.2 Å². The predicted octanol–water partition coefficient (Wildman–Crippen LogP) is 4.49. The first-order valence-corrected chi connectivity index (χ1v) is 11.4. The molecule has 0 radical (unpaired) electrons. The van der Waals surface area contributed by atoms with E-state index in [0.29, 0.717) is 10.2 Å². The molecule has 0 aliphatic carbocycles. The highest BCUT2D eigenvalue weighted by Gasteiger charge is 2.23. The number of sulfonamides is 1. The van der Waals surface area contributed by atoms with Crippen LogP contribution >= 0.6 is 15.9 Å². The number of ether oxygens (including phenoxy) is 1. The van der Waals surface area contributed by atoms with Gasteiger partial charge in [-0.05, 0) is 62.1 Å². The predicted molar refractivity (Wildman–Crippen MR) is 112 cm³/mol. The Morgan fingerprint density at radius 2 is 1.74 bits per heavy atom. The van der Waals surface area contributed by atoms with Gasteiger partial charge in [-0.1, -0.05) is 28.1 Å². The number of nitrogens with one attached hydrogen (secondary N) is 1. The lowest BCUT2D eigenvalue weighted by molar-refractivity contribution is 0.402. The zero-order chi connectivity index (χ0) is 19.4. The highest BCUT2D eigenvalue weighted by atomic mass is 79.9. The molecule has 0 aromatic heterocycles. The molecule has 5 nitrogen and oxygen atoms in total. The molecule has 0 unspecified atom stereocenters. The second-order valence-electron chi connectivity index (χ2n) is 6.78. The van der Waals surface area contributed by atoms with E-state index in [1.807, 2.05) is 19.1 Å². The zero-order valence-electron chi connectivity index (χ0n) is 15.6. The van der Waals surface area contributed by atoms with Gasteiger partial charge in [-0.15, -0.1) is 0 Å². The summed E-state index contributed by atoms with van der Waals surface area (Å²) in [5.41, 5.74) is 2.12. The minimum absolute atomic E-state index is 0.121. The fourth-order valence-electron chi connectivity index (χ4n) is 3.35. The molecule has 0 spiro atoms. The molecular formula is C20H25BrN2O3S. The van der Waals surface area contributed by atoms with Gasteiger partial charge in [0.1, 0.15) is 10.6 Å². The number of methoxy groups -OCH3 is 1. The molecule has 2 aromatic rings. The normalized spacial score (nSPS) is 16.2. The molecule has 2 aromatic carbocycles. The Kier molecular flexibility index (Phi) is 6.44. The molecule has 0 saturated carbocycles. The molecule has 0 amide bonds. The number of hydrogen-bond donors (Lipinski definition) is 1. The maximum Gasteiger partial charge on any atom is 0.244 e. The molecule has 1 atom stereocenters. The van der Waals surface area contributed by atoms with Crippen molar-refractivity contribution in [2.24, 2.45) is 0 Å². The lowest BCUT2D eigenvalue weighted by Gasteiger charge is -2.29. The molecule has 27 heavy (non-hydrogen) atoms. The van der Waals surface area contributed by atoms with Crippen molar-refractivity contribution in [2.45, 2.75) is 37.1 Å². The summed E-state index contributed by atoms with van der Waals surface area (Å²) in [6.45, 7) is 4.02. The Labute approximate surface area is 169 Å².